The zero-order valence-corrected chi connectivity index (χ0v) is 12.0. The smallest absolute Gasteiger partial charge is 0.150 e. The van der Waals surface area contributed by atoms with Gasteiger partial charge < -0.3 is 10.6 Å². The number of nitrogens with zero attached hydrogens (tertiary/aromatic N) is 4. The lowest BCUT2D eigenvalue weighted by Crippen LogP contribution is -2.39. The minimum Gasteiger partial charge on any atom is -0.394 e. The fourth-order valence-corrected chi connectivity index (χ4v) is 3.04. The highest BCUT2D eigenvalue weighted by molar-refractivity contribution is 5.65. The monoisotopic (exact) mass is 251 g/mol. The van der Waals surface area contributed by atoms with E-state index in [0.29, 0.717) is 6.04 Å². The molecule has 5 nitrogen and oxygen atoms in total. The van der Waals surface area contributed by atoms with Crippen molar-refractivity contribution >= 4 is 11.5 Å². The van der Waals surface area contributed by atoms with Gasteiger partial charge in [0.15, 0.2) is 0 Å². The van der Waals surface area contributed by atoms with E-state index < -0.39 is 0 Å². The normalized spacial score (nSPS) is 20.6. The molecule has 1 aliphatic heterocycles. The van der Waals surface area contributed by atoms with Crippen LogP contribution in [-0.4, -0.2) is 47.4 Å². The summed E-state index contributed by atoms with van der Waals surface area (Å²) in [5, 5.41) is 4.38. The Hall–Kier alpha value is -1.23. The molecule has 102 valence electrons. The van der Waals surface area contributed by atoms with Crippen molar-refractivity contribution in [3.63, 3.8) is 0 Å². The van der Waals surface area contributed by atoms with Gasteiger partial charge in [-0.2, -0.15) is 5.10 Å². The molecule has 0 aliphatic carbocycles. The number of nitrogens with two attached hydrogens (primary N) is 1. The Bertz CT molecular complexity index is 412. The fourth-order valence-electron chi connectivity index (χ4n) is 3.04. The second-order valence-corrected chi connectivity index (χ2v) is 5.25. The molecule has 1 saturated heterocycles. The van der Waals surface area contributed by atoms with E-state index >= 15 is 0 Å². The number of aryl methyl sites for hydroxylation is 2. The quantitative estimate of drug-likeness (QED) is 0.874. The largest absolute Gasteiger partial charge is 0.394 e. The second kappa shape index (κ2) is 5.18. The molecule has 0 amide bonds. The van der Waals surface area contributed by atoms with Crippen LogP contribution in [0.3, 0.4) is 0 Å². The first kappa shape index (κ1) is 13.2. The predicted octanol–water partition coefficient (Wildman–Crippen LogP) is 1.23. The van der Waals surface area contributed by atoms with Crippen molar-refractivity contribution in [2.75, 3.05) is 37.3 Å². The molecule has 5 heteroatoms. The second-order valence-electron chi connectivity index (χ2n) is 5.25. The summed E-state index contributed by atoms with van der Waals surface area (Å²) in [7, 11) is 4.07. The number of hydrogen-bond donors (Lipinski definition) is 1. The third-order valence-corrected chi connectivity index (χ3v) is 3.99. The molecule has 2 rings (SSSR count). The maximum atomic E-state index is 6.11. The average Bonchev–Trinajstić information content (AvgIpc) is 2.85. The minimum absolute atomic E-state index is 0.648. The molecule has 18 heavy (non-hydrogen) atoms. The molecular formula is C13H25N5. The van der Waals surface area contributed by atoms with Gasteiger partial charge in [-0.25, -0.2) is 0 Å². The number of anilines is 2. The van der Waals surface area contributed by atoms with Crippen molar-refractivity contribution in [2.24, 2.45) is 7.05 Å². The number of likely N-dealkylation sites (tertiary alicyclic amines) is 1. The molecule has 0 saturated carbocycles. The summed E-state index contributed by atoms with van der Waals surface area (Å²) >= 11 is 0. The number of nitrogen functional groups attached to an aromatic ring is 1. The maximum Gasteiger partial charge on any atom is 0.150 e. The van der Waals surface area contributed by atoms with Crippen LogP contribution >= 0.6 is 0 Å². The van der Waals surface area contributed by atoms with Gasteiger partial charge >= 0.3 is 0 Å². The summed E-state index contributed by atoms with van der Waals surface area (Å²) in [5.74, 6) is 1.04. The van der Waals surface area contributed by atoms with E-state index in [1.807, 2.05) is 18.7 Å². The van der Waals surface area contributed by atoms with Crippen molar-refractivity contribution in [1.82, 2.24) is 14.7 Å². The van der Waals surface area contributed by atoms with Crippen LogP contribution in [0.15, 0.2) is 0 Å². The van der Waals surface area contributed by atoms with Crippen LogP contribution in [0.1, 0.15) is 25.5 Å². The van der Waals surface area contributed by atoms with Gasteiger partial charge in [-0.3, -0.25) is 9.58 Å². The molecule has 1 unspecified atom stereocenters. The van der Waals surface area contributed by atoms with Gasteiger partial charge in [-0.05, 0) is 32.9 Å². The summed E-state index contributed by atoms with van der Waals surface area (Å²) in [4.78, 5) is 4.80. The highest BCUT2D eigenvalue weighted by atomic mass is 15.4. The Balaban J connectivity index is 2.09. The Morgan fingerprint density at radius 3 is 2.78 bits per heavy atom. The Morgan fingerprint density at radius 1 is 1.50 bits per heavy atom. The van der Waals surface area contributed by atoms with E-state index in [9.17, 15) is 0 Å². The summed E-state index contributed by atoms with van der Waals surface area (Å²) in [6, 6.07) is 0.648. The number of likely N-dealkylation sites (N-methyl/N-ethyl adjacent to an activating group) is 2. The minimum atomic E-state index is 0.648. The van der Waals surface area contributed by atoms with E-state index in [1.165, 1.54) is 19.4 Å². The molecule has 0 spiro atoms. The Morgan fingerprint density at radius 2 is 2.22 bits per heavy atom. The summed E-state index contributed by atoms with van der Waals surface area (Å²) < 4.78 is 1.88. The molecule has 0 bridgehead atoms. The van der Waals surface area contributed by atoms with E-state index in [4.69, 9.17) is 5.73 Å². The standard InChI is InChI=1S/C13H25N5/c1-5-18-8-6-7-11(18)9-16(3)13-12(14)10(2)15-17(13)4/h11H,5-9,14H2,1-4H3. The van der Waals surface area contributed by atoms with Crippen LogP contribution in [0.4, 0.5) is 11.5 Å². The lowest BCUT2D eigenvalue weighted by Gasteiger charge is -2.29. The Labute approximate surface area is 110 Å². The molecule has 0 aromatic carbocycles. The number of hydrogen-bond acceptors (Lipinski definition) is 4. The highest BCUT2D eigenvalue weighted by Crippen LogP contribution is 2.26. The van der Waals surface area contributed by atoms with Crippen LogP contribution < -0.4 is 10.6 Å². The van der Waals surface area contributed by atoms with Crippen molar-refractivity contribution in [1.29, 1.82) is 0 Å². The zero-order chi connectivity index (χ0) is 13.3. The number of aromatic nitrogens is 2. The van der Waals surface area contributed by atoms with Gasteiger partial charge in [-0.15, -0.1) is 0 Å². The van der Waals surface area contributed by atoms with Gasteiger partial charge in [0.1, 0.15) is 5.82 Å². The highest BCUT2D eigenvalue weighted by Gasteiger charge is 2.25. The molecule has 2 heterocycles. The lowest BCUT2D eigenvalue weighted by atomic mass is 10.2. The van der Waals surface area contributed by atoms with E-state index in [0.717, 1.165) is 30.3 Å². The van der Waals surface area contributed by atoms with Crippen LogP contribution in [0.5, 0.6) is 0 Å². The molecule has 1 aromatic heterocycles. The number of rotatable bonds is 4. The topological polar surface area (TPSA) is 50.3 Å². The van der Waals surface area contributed by atoms with Crippen molar-refractivity contribution in [2.45, 2.75) is 32.7 Å². The zero-order valence-electron chi connectivity index (χ0n) is 12.0. The molecule has 1 aromatic rings. The SMILES string of the molecule is CCN1CCCC1CN(C)c1c(N)c(C)nn1C. The van der Waals surface area contributed by atoms with Crippen LogP contribution in [0.2, 0.25) is 0 Å². The van der Waals surface area contributed by atoms with Crippen LogP contribution in [0, 0.1) is 6.92 Å². The molecule has 2 N–H and O–H groups in total. The first-order valence-electron chi connectivity index (χ1n) is 6.78. The van der Waals surface area contributed by atoms with Gasteiger partial charge in [-0.1, -0.05) is 6.92 Å². The van der Waals surface area contributed by atoms with Crippen LogP contribution in [-0.2, 0) is 7.05 Å². The predicted molar refractivity (Wildman–Crippen MR) is 75.9 cm³/mol. The van der Waals surface area contributed by atoms with Gasteiger partial charge in [0.05, 0.1) is 11.4 Å². The van der Waals surface area contributed by atoms with Crippen molar-refractivity contribution in [3.8, 4) is 0 Å². The molecule has 1 atom stereocenters. The third-order valence-electron chi connectivity index (χ3n) is 3.99. The molecule has 1 fully saturated rings. The summed E-state index contributed by atoms with van der Waals surface area (Å²) in [6.45, 7) is 7.59. The van der Waals surface area contributed by atoms with E-state index in [2.05, 4.69) is 28.9 Å². The first-order valence-corrected chi connectivity index (χ1v) is 6.78. The van der Waals surface area contributed by atoms with E-state index in [-0.39, 0.29) is 0 Å². The van der Waals surface area contributed by atoms with Gasteiger partial charge in [0, 0.05) is 26.7 Å². The molecule has 0 radical (unpaired) electrons. The van der Waals surface area contributed by atoms with Crippen molar-refractivity contribution in [3.05, 3.63) is 5.69 Å². The average molecular weight is 251 g/mol. The maximum absolute atomic E-state index is 6.11. The Kier molecular flexibility index (Phi) is 3.80. The molecular weight excluding hydrogens is 226 g/mol. The summed E-state index contributed by atoms with van der Waals surface area (Å²) in [5.41, 5.74) is 7.83. The van der Waals surface area contributed by atoms with Gasteiger partial charge in [0.2, 0.25) is 0 Å². The van der Waals surface area contributed by atoms with Gasteiger partial charge in [0.25, 0.3) is 0 Å². The summed E-state index contributed by atoms with van der Waals surface area (Å²) in [6.07, 6.45) is 2.60. The molecule has 1 aliphatic rings. The fraction of sp³-hybridized carbons (Fsp3) is 0.769. The van der Waals surface area contributed by atoms with Crippen molar-refractivity contribution < 1.29 is 0 Å². The first-order chi connectivity index (χ1) is 8.54. The van der Waals surface area contributed by atoms with Crippen LogP contribution in [0.25, 0.3) is 0 Å². The third kappa shape index (κ3) is 2.32. The van der Waals surface area contributed by atoms with E-state index in [1.54, 1.807) is 0 Å². The lowest BCUT2D eigenvalue weighted by molar-refractivity contribution is 0.270.